The number of halogens is 1. The lowest BCUT2D eigenvalue weighted by atomic mass is 9.96. The van der Waals surface area contributed by atoms with Crippen molar-refractivity contribution in [2.24, 2.45) is 5.84 Å². The van der Waals surface area contributed by atoms with Crippen LogP contribution in [0.15, 0.2) is 10.7 Å². The van der Waals surface area contributed by atoms with Gasteiger partial charge in [-0.1, -0.05) is 0 Å². The van der Waals surface area contributed by atoms with Gasteiger partial charge in [-0.25, -0.2) is 5.43 Å². The average molecular weight is 305 g/mol. The summed E-state index contributed by atoms with van der Waals surface area (Å²) in [5.41, 5.74) is 3.43. The van der Waals surface area contributed by atoms with Gasteiger partial charge in [0.1, 0.15) is 0 Å². The monoisotopic (exact) mass is 304 g/mol. The largest absolute Gasteiger partial charge is 0.374 e. The molecule has 0 aliphatic rings. The van der Waals surface area contributed by atoms with Crippen LogP contribution in [0.5, 0.6) is 0 Å². The molecule has 1 atom stereocenters. The number of rotatable bonds is 6. The maximum Gasteiger partial charge on any atom is 0.0924 e. The number of ether oxygens (including phenoxy) is 1. The van der Waals surface area contributed by atoms with Crippen LogP contribution >= 0.6 is 15.9 Å². The number of nitrogens with zero attached hydrogens (tertiary/aromatic N) is 2. The first-order valence-corrected chi connectivity index (χ1v) is 6.58. The topological polar surface area (TPSA) is 65.1 Å². The third-order valence-electron chi connectivity index (χ3n) is 2.78. The molecule has 1 heterocycles. The molecular formula is C11H21BrN4O. The minimum atomic E-state index is -0.404. The van der Waals surface area contributed by atoms with Crippen LogP contribution in [0.2, 0.25) is 0 Å². The van der Waals surface area contributed by atoms with Crippen molar-refractivity contribution in [1.29, 1.82) is 0 Å². The van der Waals surface area contributed by atoms with E-state index in [4.69, 9.17) is 10.6 Å². The van der Waals surface area contributed by atoms with E-state index < -0.39 is 5.60 Å². The van der Waals surface area contributed by atoms with E-state index in [0.717, 1.165) is 16.7 Å². The number of hydrazine groups is 1. The van der Waals surface area contributed by atoms with E-state index in [2.05, 4.69) is 26.5 Å². The zero-order chi connectivity index (χ0) is 13.1. The molecule has 0 fully saturated rings. The predicted molar refractivity (Wildman–Crippen MR) is 71.4 cm³/mol. The number of nitrogens with one attached hydrogen (secondary N) is 1. The average Bonchev–Trinajstić information content (AvgIpc) is 2.61. The third kappa shape index (κ3) is 3.07. The molecule has 0 saturated heterocycles. The van der Waals surface area contributed by atoms with Crippen molar-refractivity contribution in [3.63, 3.8) is 0 Å². The minimum Gasteiger partial charge on any atom is -0.374 e. The summed E-state index contributed by atoms with van der Waals surface area (Å²) in [5, 5.41) is 4.30. The molecular weight excluding hydrogens is 284 g/mol. The van der Waals surface area contributed by atoms with Crippen LogP contribution in [0.25, 0.3) is 0 Å². The third-order valence-corrected chi connectivity index (χ3v) is 3.40. The summed E-state index contributed by atoms with van der Waals surface area (Å²) in [6, 6.07) is -0.126. The van der Waals surface area contributed by atoms with Gasteiger partial charge < -0.3 is 4.74 Å². The Bertz CT molecular complexity index is 364. The Hall–Kier alpha value is -0.430. The van der Waals surface area contributed by atoms with E-state index in [1.807, 2.05) is 32.4 Å². The summed E-state index contributed by atoms with van der Waals surface area (Å²) >= 11 is 3.51. The number of aromatic nitrogens is 2. The van der Waals surface area contributed by atoms with Crippen LogP contribution < -0.4 is 11.3 Å². The molecule has 5 nitrogen and oxygen atoms in total. The normalized spacial score (nSPS) is 14.0. The summed E-state index contributed by atoms with van der Waals surface area (Å²) < 4.78 is 8.61. The molecule has 0 bridgehead atoms. The maximum absolute atomic E-state index is 5.76. The van der Waals surface area contributed by atoms with Crippen molar-refractivity contribution >= 4 is 15.9 Å². The smallest absolute Gasteiger partial charge is 0.0924 e. The number of aryl methyl sites for hydroxylation is 1. The van der Waals surface area contributed by atoms with Crippen LogP contribution in [-0.2, 0) is 11.3 Å². The maximum atomic E-state index is 5.76. The van der Waals surface area contributed by atoms with E-state index in [1.165, 1.54) is 0 Å². The summed E-state index contributed by atoms with van der Waals surface area (Å²) in [6.45, 7) is 9.48. The van der Waals surface area contributed by atoms with Crippen LogP contribution in [0.3, 0.4) is 0 Å². The van der Waals surface area contributed by atoms with Crippen LogP contribution in [0.4, 0.5) is 0 Å². The van der Waals surface area contributed by atoms with Gasteiger partial charge in [0.15, 0.2) is 0 Å². The Balaban J connectivity index is 3.12. The van der Waals surface area contributed by atoms with Gasteiger partial charge >= 0.3 is 0 Å². The minimum absolute atomic E-state index is 0.126. The molecule has 6 heteroatoms. The van der Waals surface area contributed by atoms with Crippen molar-refractivity contribution in [2.45, 2.75) is 45.9 Å². The molecule has 0 aliphatic heterocycles. The standard InChI is InChI=1S/C11H21BrN4O/c1-5-16-9(8(12)7-14-16)10(15-13)11(3,4)17-6-2/h7,10,15H,5-6,13H2,1-4H3. The lowest BCUT2D eigenvalue weighted by Gasteiger charge is -2.34. The predicted octanol–water partition coefficient (Wildman–Crippen LogP) is 1.98. The molecule has 0 aliphatic carbocycles. The van der Waals surface area contributed by atoms with Crippen molar-refractivity contribution < 1.29 is 4.74 Å². The van der Waals surface area contributed by atoms with Gasteiger partial charge in [0.25, 0.3) is 0 Å². The Morgan fingerprint density at radius 2 is 2.24 bits per heavy atom. The Morgan fingerprint density at radius 1 is 1.59 bits per heavy atom. The van der Waals surface area contributed by atoms with E-state index in [-0.39, 0.29) is 6.04 Å². The van der Waals surface area contributed by atoms with Gasteiger partial charge in [0.05, 0.1) is 28.0 Å². The first-order chi connectivity index (χ1) is 7.97. The molecule has 3 N–H and O–H groups in total. The molecule has 0 amide bonds. The van der Waals surface area contributed by atoms with Gasteiger partial charge in [-0.05, 0) is 43.6 Å². The fourth-order valence-electron chi connectivity index (χ4n) is 1.98. The first-order valence-electron chi connectivity index (χ1n) is 5.79. The summed E-state index contributed by atoms with van der Waals surface area (Å²) in [7, 11) is 0. The van der Waals surface area contributed by atoms with Crippen LogP contribution in [0.1, 0.15) is 39.4 Å². The molecule has 0 saturated carbocycles. The van der Waals surface area contributed by atoms with Gasteiger partial charge in [-0.3, -0.25) is 10.5 Å². The lowest BCUT2D eigenvalue weighted by molar-refractivity contribution is -0.0414. The molecule has 0 aromatic carbocycles. The van der Waals surface area contributed by atoms with Gasteiger partial charge in [0, 0.05) is 13.2 Å². The first kappa shape index (κ1) is 14.6. The molecule has 1 aromatic heterocycles. The second-order valence-electron chi connectivity index (χ2n) is 4.33. The van der Waals surface area contributed by atoms with E-state index in [1.54, 1.807) is 6.20 Å². The highest BCUT2D eigenvalue weighted by molar-refractivity contribution is 9.10. The number of nitrogens with two attached hydrogens (primary N) is 1. The summed E-state index contributed by atoms with van der Waals surface area (Å²) in [6.07, 6.45) is 1.78. The second-order valence-corrected chi connectivity index (χ2v) is 5.18. The highest BCUT2D eigenvalue weighted by Gasteiger charge is 2.34. The molecule has 1 unspecified atom stereocenters. The highest BCUT2D eigenvalue weighted by Crippen LogP contribution is 2.32. The fourth-order valence-corrected chi connectivity index (χ4v) is 2.50. The molecule has 1 rings (SSSR count). The van der Waals surface area contributed by atoms with Crippen molar-refractivity contribution in [2.75, 3.05) is 6.61 Å². The molecule has 98 valence electrons. The zero-order valence-corrected chi connectivity index (χ0v) is 12.4. The Labute approximate surface area is 111 Å². The summed E-state index contributed by atoms with van der Waals surface area (Å²) in [4.78, 5) is 0. The van der Waals surface area contributed by atoms with E-state index in [0.29, 0.717) is 6.61 Å². The zero-order valence-electron chi connectivity index (χ0n) is 10.8. The second kappa shape index (κ2) is 5.95. The van der Waals surface area contributed by atoms with E-state index in [9.17, 15) is 0 Å². The van der Waals surface area contributed by atoms with Gasteiger partial charge in [0.2, 0.25) is 0 Å². The van der Waals surface area contributed by atoms with Crippen LogP contribution in [0, 0.1) is 0 Å². The van der Waals surface area contributed by atoms with Crippen LogP contribution in [-0.4, -0.2) is 22.0 Å². The summed E-state index contributed by atoms with van der Waals surface area (Å²) in [5.74, 6) is 5.68. The highest BCUT2D eigenvalue weighted by atomic mass is 79.9. The Kier molecular flexibility index (Phi) is 5.12. The quantitative estimate of drug-likeness (QED) is 0.623. The fraction of sp³-hybridized carbons (Fsp3) is 0.727. The number of hydrogen-bond acceptors (Lipinski definition) is 4. The molecule has 0 radical (unpaired) electrons. The molecule has 17 heavy (non-hydrogen) atoms. The van der Waals surface area contributed by atoms with Crippen molar-refractivity contribution in [1.82, 2.24) is 15.2 Å². The van der Waals surface area contributed by atoms with Crippen molar-refractivity contribution in [3.8, 4) is 0 Å². The molecule has 0 spiro atoms. The van der Waals surface area contributed by atoms with Gasteiger partial charge in [-0.15, -0.1) is 0 Å². The Morgan fingerprint density at radius 3 is 2.71 bits per heavy atom. The van der Waals surface area contributed by atoms with Crippen molar-refractivity contribution in [3.05, 3.63) is 16.4 Å². The van der Waals surface area contributed by atoms with E-state index >= 15 is 0 Å². The lowest BCUT2D eigenvalue weighted by Crippen LogP contribution is -2.45. The number of hydrogen-bond donors (Lipinski definition) is 2. The SMILES string of the molecule is CCOC(C)(C)C(NN)c1c(Br)cnn1CC. The van der Waals surface area contributed by atoms with Gasteiger partial charge in [-0.2, -0.15) is 5.10 Å². The molecule has 1 aromatic rings.